The molecule has 31 heavy (non-hydrogen) atoms. The SMILES string of the molecule is CN1C(=S)N2CCCN3C(=S)N(Cc4ccc5ccc6cccc7ccc4c5c67)S1=C23. The highest BCUT2D eigenvalue weighted by molar-refractivity contribution is 8.14. The van der Waals surface area contributed by atoms with Crippen LogP contribution >= 0.6 is 35.3 Å². The van der Waals surface area contributed by atoms with Crippen molar-refractivity contribution in [3.8, 4) is 0 Å². The summed E-state index contributed by atoms with van der Waals surface area (Å²) in [6.45, 7) is 2.77. The normalized spacial score (nSPS) is 20.9. The van der Waals surface area contributed by atoms with E-state index < -0.39 is 0 Å². The molecule has 0 radical (unpaired) electrons. The molecule has 4 nitrogen and oxygen atoms in total. The fourth-order valence-electron chi connectivity index (χ4n) is 5.31. The molecule has 0 bridgehead atoms. The van der Waals surface area contributed by atoms with Gasteiger partial charge < -0.3 is 0 Å². The highest BCUT2D eigenvalue weighted by Crippen LogP contribution is 2.45. The van der Waals surface area contributed by atoms with Crippen LogP contribution in [0.1, 0.15) is 12.0 Å². The van der Waals surface area contributed by atoms with E-state index in [2.05, 4.69) is 80.1 Å². The van der Waals surface area contributed by atoms with Gasteiger partial charge in [0.1, 0.15) is 0 Å². The Morgan fingerprint density at radius 2 is 1.45 bits per heavy atom. The van der Waals surface area contributed by atoms with Crippen molar-refractivity contribution < 1.29 is 0 Å². The summed E-state index contributed by atoms with van der Waals surface area (Å²) in [6, 6.07) is 20.1. The summed E-state index contributed by atoms with van der Waals surface area (Å²) in [4.78, 5) is 4.60. The second kappa shape index (κ2) is 6.28. The number of thiocarbonyl (C=S) groups is 2. The Morgan fingerprint density at radius 3 is 2.23 bits per heavy atom. The summed E-state index contributed by atoms with van der Waals surface area (Å²) in [7, 11) is 1.86. The van der Waals surface area contributed by atoms with Gasteiger partial charge in [0.25, 0.3) is 0 Å². The van der Waals surface area contributed by atoms with Crippen LogP contribution in [0.25, 0.3) is 32.3 Å². The summed E-state index contributed by atoms with van der Waals surface area (Å²) in [5.41, 5.74) is 1.32. The lowest BCUT2D eigenvalue weighted by molar-refractivity contribution is 0.397. The lowest BCUT2D eigenvalue weighted by atomic mass is 9.92. The predicted octanol–water partition coefficient (Wildman–Crippen LogP) is 5.11. The zero-order chi connectivity index (χ0) is 20.9. The van der Waals surface area contributed by atoms with Gasteiger partial charge >= 0.3 is 0 Å². The van der Waals surface area contributed by atoms with Gasteiger partial charge in [0.15, 0.2) is 15.3 Å². The van der Waals surface area contributed by atoms with E-state index in [1.807, 2.05) is 0 Å². The minimum absolute atomic E-state index is 0.247. The number of rotatable bonds is 2. The molecule has 3 aliphatic rings. The van der Waals surface area contributed by atoms with Gasteiger partial charge in [-0.3, -0.25) is 18.4 Å². The molecule has 0 amide bonds. The van der Waals surface area contributed by atoms with Crippen LogP contribution in [0.15, 0.2) is 54.6 Å². The van der Waals surface area contributed by atoms with Crippen molar-refractivity contribution >= 4 is 82.9 Å². The maximum absolute atomic E-state index is 5.98. The Balaban J connectivity index is 1.40. The van der Waals surface area contributed by atoms with Gasteiger partial charge in [0.2, 0.25) is 0 Å². The molecule has 4 aromatic rings. The standard InChI is InChI=1S/C24H20N4S3/c1-25-22(29)26-12-3-13-27-23(30)28(31(25)24(26)27)14-18-9-8-17-7-6-15-4-2-5-16-10-11-19(18)21(17)20(15)16/h2,4-11H,3,12-14H2,1H3. The van der Waals surface area contributed by atoms with E-state index in [0.29, 0.717) is 0 Å². The second-order valence-corrected chi connectivity index (χ2v) is 11.0. The van der Waals surface area contributed by atoms with Gasteiger partial charge in [-0.25, -0.2) is 0 Å². The van der Waals surface area contributed by atoms with Crippen molar-refractivity contribution in [1.29, 1.82) is 0 Å². The first-order valence-corrected chi connectivity index (χ1v) is 12.5. The topological polar surface area (TPSA) is 13.0 Å². The molecule has 0 aliphatic carbocycles. The van der Waals surface area contributed by atoms with Crippen molar-refractivity contribution in [2.24, 2.45) is 0 Å². The summed E-state index contributed by atoms with van der Waals surface area (Å²) >= 11 is 11.7. The quantitative estimate of drug-likeness (QED) is 0.302. The summed E-state index contributed by atoms with van der Waals surface area (Å²) in [5.74, 6) is 0. The van der Waals surface area contributed by atoms with E-state index >= 15 is 0 Å². The lowest BCUT2D eigenvalue weighted by Gasteiger charge is -2.36. The number of benzene rings is 4. The molecule has 1 saturated heterocycles. The second-order valence-electron chi connectivity index (χ2n) is 8.38. The van der Waals surface area contributed by atoms with E-state index in [4.69, 9.17) is 24.4 Å². The molecular weight excluding hydrogens is 440 g/mol. The zero-order valence-electron chi connectivity index (χ0n) is 17.0. The van der Waals surface area contributed by atoms with Crippen molar-refractivity contribution in [2.75, 3.05) is 20.1 Å². The molecule has 7 rings (SSSR count). The monoisotopic (exact) mass is 460 g/mol. The zero-order valence-corrected chi connectivity index (χ0v) is 19.5. The predicted molar refractivity (Wildman–Crippen MR) is 139 cm³/mol. The Kier molecular flexibility index (Phi) is 3.67. The first kappa shape index (κ1) is 18.1. The van der Waals surface area contributed by atoms with Crippen LogP contribution in [-0.2, 0) is 6.54 Å². The van der Waals surface area contributed by atoms with Gasteiger partial charge in [-0.2, -0.15) is 0 Å². The molecule has 3 heterocycles. The van der Waals surface area contributed by atoms with Crippen LogP contribution in [-0.4, -0.2) is 53.9 Å². The van der Waals surface area contributed by atoms with Crippen LogP contribution in [0, 0.1) is 0 Å². The van der Waals surface area contributed by atoms with E-state index in [9.17, 15) is 0 Å². The van der Waals surface area contributed by atoms with E-state index in [1.54, 1.807) is 0 Å². The molecule has 1 unspecified atom stereocenters. The summed E-state index contributed by atoms with van der Waals surface area (Å²) < 4.78 is 4.62. The van der Waals surface area contributed by atoms with Crippen LogP contribution in [0.2, 0.25) is 0 Å². The molecule has 154 valence electrons. The van der Waals surface area contributed by atoms with E-state index in [-0.39, 0.29) is 10.9 Å². The molecule has 0 N–H and O–H groups in total. The molecule has 7 heteroatoms. The third kappa shape index (κ3) is 2.29. The first-order valence-electron chi connectivity index (χ1n) is 10.5. The lowest BCUT2D eigenvalue weighted by Crippen LogP contribution is -2.52. The van der Waals surface area contributed by atoms with Crippen molar-refractivity contribution in [3.63, 3.8) is 0 Å². The first-order chi connectivity index (χ1) is 15.1. The third-order valence-corrected chi connectivity index (χ3v) is 10.1. The fourth-order valence-corrected chi connectivity index (χ4v) is 8.52. The van der Waals surface area contributed by atoms with Gasteiger partial charge in [-0.05, 0) is 68.7 Å². The smallest absolute Gasteiger partial charge is 0.189 e. The minimum atomic E-state index is -0.247. The molecule has 1 atom stereocenters. The average molecular weight is 461 g/mol. The molecule has 0 spiro atoms. The van der Waals surface area contributed by atoms with Crippen LogP contribution in [0.3, 0.4) is 0 Å². The average Bonchev–Trinajstić information content (AvgIpc) is 3.23. The van der Waals surface area contributed by atoms with Crippen LogP contribution < -0.4 is 0 Å². The van der Waals surface area contributed by atoms with Gasteiger partial charge in [-0.15, -0.1) is 0 Å². The Morgan fingerprint density at radius 1 is 0.806 bits per heavy atom. The van der Waals surface area contributed by atoms with Gasteiger partial charge in [0, 0.05) is 20.1 Å². The highest BCUT2D eigenvalue weighted by Gasteiger charge is 2.47. The maximum Gasteiger partial charge on any atom is 0.189 e. The number of hydrogen-bond acceptors (Lipinski definition) is 2. The maximum atomic E-state index is 5.98. The number of nitrogens with zero attached hydrogens (tertiary/aromatic N) is 4. The summed E-state index contributed by atoms with van der Waals surface area (Å²) in [6.07, 6.45) is 1.08. The van der Waals surface area contributed by atoms with E-state index in [1.165, 1.54) is 43.0 Å². The van der Waals surface area contributed by atoms with Gasteiger partial charge in [-0.1, -0.05) is 54.6 Å². The van der Waals surface area contributed by atoms with Crippen molar-refractivity contribution in [3.05, 3.63) is 60.2 Å². The van der Waals surface area contributed by atoms with Crippen LogP contribution in [0.5, 0.6) is 0 Å². The fraction of sp³-hybridized carbons (Fsp3) is 0.208. The molecule has 0 saturated carbocycles. The molecule has 4 aromatic carbocycles. The molecule has 1 fully saturated rings. The number of hydrogen-bond donors (Lipinski definition) is 0. The third-order valence-electron chi connectivity index (χ3n) is 6.73. The Hall–Kier alpha value is -2.48. The highest BCUT2D eigenvalue weighted by atomic mass is 32.2. The summed E-state index contributed by atoms with van der Waals surface area (Å²) in [5, 5.41) is 11.1. The minimum Gasteiger partial charge on any atom is -0.296 e. The Bertz CT molecular complexity index is 1460. The van der Waals surface area contributed by atoms with E-state index in [0.717, 1.165) is 36.3 Å². The Labute approximate surface area is 194 Å². The van der Waals surface area contributed by atoms with Crippen molar-refractivity contribution in [2.45, 2.75) is 13.0 Å². The molecule has 3 aliphatic heterocycles. The molecular formula is C24H20N4S3. The molecule has 0 aromatic heterocycles. The largest absolute Gasteiger partial charge is 0.296 e. The van der Waals surface area contributed by atoms with Crippen molar-refractivity contribution in [1.82, 2.24) is 18.4 Å². The van der Waals surface area contributed by atoms with Crippen LogP contribution in [0.4, 0.5) is 0 Å². The van der Waals surface area contributed by atoms with Gasteiger partial charge in [0.05, 0.1) is 17.4 Å².